The molecule has 1 rings (SSSR count). The fraction of sp³-hybridized carbons (Fsp3) is 1.00. The summed E-state index contributed by atoms with van der Waals surface area (Å²) >= 11 is 0. The lowest BCUT2D eigenvalue weighted by Gasteiger charge is -2.32. The molecule has 0 aromatic heterocycles. The Balaban J connectivity index is 2.39. The van der Waals surface area contributed by atoms with Gasteiger partial charge in [0, 0.05) is 19.7 Å². The number of rotatable bonds is 2. The number of hydrogen-bond acceptors (Lipinski definition) is 3. The van der Waals surface area contributed by atoms with E-state index in [0.717, 1.165) is 19.7 Å². The van der Waals surface area contributed by atoms with Gasteiger partial charge in [-0.1, -0.05) is 0 Å². The van der Waals surface area contributed by atoms with Crippen LogP contribution in [0.4, 0.5) is 0 Å². The third-order valence-electron chi connectivity index (χ3n) is 2.65. The second-order valence-corrected chi connectivity index (χ2v) is 7.60. The first-order chi connectivity index (χ1) is 6.16. The molecule has 1 aliphatic heterocycles. The van der Waals surface area contributed by atoms with Gasteiger partial charge < -0.3 is 14.3 Å². The first-order valence-electron chi connectivity index (χ1n) is 5.24. The molecular weight excluding hydrogens is 180 g/mol. The predicted molar refractivity (Wildman–Crippen MR) is 58.2 cm³/mol. The Morgan fingerprint density at radius 1 is 1.46 bits per heavy atom. The van der Waals surface area contributed by atoms with Crippen LogP contribution in [0.2, 0.25) is 12.6 Å². The highest BCUT2D eigenvalue weighted by molar-refractivity contribution is 6.70. The van der Waals surface area contributed by atoms with Crippen LogP contribution in [0, 0.1) is 0 Å². The van der Waals surface area contributed by atoms with E-state index in [-0.39, 0.29) is 0 Å². The number of hydrogen-bond donors (Lipinski definition) is 1. The molecule has 0 aliphatic carbocycles. The highest BCUT2D eigenvalue weighted by atomic mass is 28.4. The molecule has 0 aromatic rings. The standard InChI is InChI=1S/C9H22N2OSi/c1-4-12-13(3)9-5-7-11(2)8-6-10-13/h10H,4-9H2,1-3H3. The summed E-state index contributed by atoms with van der Waals surface area (Å²) in [5.74, 6) is 0. The van der Waals surface area contributed by atoms with Gasteiger partial charge in [-0.15, -0.1) is 0 Å². The minimum absolute atomic E-state index is 0.853. The molecule has 78 valence electrons. The molecule has 0 aromatic carbocycles. The minimum atomic E-state index is -1.53. The van der Waals surface area contributed by atoms with Crippen LogP contribution in [0.1, 0.15) is 13.3 Å². The Bertz CT molecular complexity index is 145. The summed E-state index contributed by atoms with van der Waals surface area (Å²) in [7, 11) is 0.662. The largest absolute Gasteiger partial charge is 0.403 e. The maximum Gasteiger partial charge on any atom is 0.265 e. The van der Waals surface area contributed by atoms with Crippen LogP contribution < -0.4 is 4.98 Å². The number of nitrogens with zero attached hydrogens (tertiary/aromatic N) is 1. The molecule has 0 spiro atoms. The topological polar surface area (TPSA) is 24.5 Å². The van der Waals surface area contributed by atoms with Gasteiger partial charge in [-0.05, 0) is 39.5 Å². The van der Waals surface area contributed by atoms with E-state index >= 15 is 0 Å². The van der Waals surface area contributed by atoms with Gasteiger partial charge in [0.25, 0.3) is 8.48 Å². The predicted octanol–water partition coefficient (Wildman–Crippen LogP) is 1.02. The summed E-state index contributed by atoms with van der Waals surface area (Å²) in [6.07, 6.45) is 1.27. The van der Waals surface area contributed by atoms with Crippen molar-refractivity contribution in [3.8, 4) is 0 Å². The molecule has 4 heteroatoms. The Hall–Kier alpha value is 0.0969. The van der Waals surface area contributed by atoms with Gasteiger partial charge in [0.1, 0.15) is 0 Å². The van der Waals surface area contributed by atoms with E-state index in [2.05, 4.69) is 30.4 Å². The quantitative estimate of drug-likeness (QED) is 0.677. The maximum absolute atomic E-state index is 5.85. The van der Waals surface area contributed by atoms with E-state index in [1.807, 2.05) is 0 Å². The van der Waals surface area contributed by atoms with Crippen LogP contribution >= 0.6 is 0 Å². The van der Waals surface area contributed by atoms with E-state index in [1.165, 1.54) is 19.0 Å². The molecule has 1 atom stereocenters. The molecule has 13 heavy (non-hydrogen) atoms. The van der Waals surface area contributed by atoms with Crippen molar-refractivity contribution in [1.82, 2.24) is 9.88 Å². The van der Waals surface area contributed by atoms with Gasteiger partial charge in [0.2, 0.25) is 0 Å². The number of nitrogens with one attached hydrogen (secondary N) is 1. The van der Waals surface area contributed by atoms with Gasteiger partial charge in [-0.25, -0.2) is 0 Å². The fourth-order valence-corrected chi connectivity index (χ4v) is 4.37. The summed E-state index contributed by atoms with van der Waals surface area (Å²) in [4.78, 5) is 5.99. The Morgan fingerprint density at radius 2 is 2.23 bits per heavy atom. The van der Waals surface area contributed by atoms with E-state index < -0.39 is 8.48 Å². The van der Waals surface area contributed by atoms with Gasteiger partial charge in [0.05, 0.1) is 0 Å². The minimum Gasteiger partial charge on any atom is -0.403 e. The first-order valence-corrected chi connectivity index (χ1v) is 7.85. The highest BCUT2D eigenvalue weighted by Crippen LogP contribution is 2.12. The molecule has 3 nitrogen and oxygen atoms in total. The highest BCUT2D eigenvalue weighted by Gasteiger charge is 2.29. The molecule has 1 heterocycles. The molecule has 1 N–H and O–H groups in total. The van der Waals surface area contributed by atoms with Crippen LogP contribution in [0.25, 0.3) is 0 Å². The monoisotopic (exact) mass is 202 g/mol. The van der Waals surface area contributed by atoms with Gasteiger partial charge in [-0.2, -0.15) is 0 Å². The summed E-state index contributed by atoms with van der Waals surface area (Å²) in [6, 6.07) is 1.24. The van der Waals surface area contributed by atoms with Crippen molar-refractivity contribution in [1.29, 1.82) is 0 Å². The van der Waals surface area contributed by atoms with Crippen molar-refractivity contribution < 1.29 is 4.43 Å². The van der Waals surface area contributed by atoms with Crippen LogP contribution in [0.5, 0.6) is 0 Å². The number of likely N-dealkylation sites (N-methyl/N-ethyl adjacent to an activating group) is 1. The van der Waals surface area contributed by atoms with Crippen molar-refractivity contribution >= 4 is 8.48 Å². The Morgan fingerprint density at radius 3 is 2.92 bits per heavy atom. The zero-order valence-electron chi connectivity index (χ0n) is 9.10. The maximum atomic E-state index is 5.85. The zero-order valence-corrected chi connectivity index (χ0v) is 10.1. The van der Waals surface area contributed by atoms with Crippen LogP contribution in [-0.2, 0) is 4.43 Å². The molecule has 1 saturated heterocycles. The molecule has 0 amide bonds. The zero-order chi connectivity index (χ0) is 9.73. The lowest BCUT2D eigenvalue weighted by atomic mass is 10.4. The third kappa shape index (κ3) is 3.77. The SMILES string of the molecule is CCO[Si]1(C)CCCN(C)CCN1. The molecule has 0 saturated carbocycles. The second-order valence-electron chi connectivity index (χ2n) is 4.00. The lowest BCUT2D eigenvalue weighted by molar-refractivity contribution is 0.283. The van der Waals surface area contributed by atoms with Crippen LogP contribution in [0.3, 0.4) is 0 Å². The fourth-order valence-electron chi connectivity index (χ4n) is 1.84. The summed E-state index contributed by atoms with van der Waals surface area (Å²) in [6.45, 7) is 8.68. The van der Waals surface area contributed by atoms with Crippen molar-refractivity contribution in [3.63, 3.8) is 0 Å². The molecule has 1 fully saturated rings. The lowest BCUT2D eigenvalue weighted by Crippen LogP contribution is -2.54. The molecule has 1 aliphatic rings. The van der Waals surface area contributed by atoms with Crippen molar-refractivity contribution in [2.45, 2.75) is 25.9 Å². The van der Waals surface area contributed by atoms with Crippen LogP contribution in [-0.4, -0.2) is 46.7 Å². The average Bonchev–Trinajstić information content (AvgIpc) is 2.02. The van der Waals surface area contributed by atoms with Gasteiger partial charge >= 0.3 is 0 Å². The first kappa shape index (κ1) is 11.2. The van der Waals surface area contributed by atoms with Gasteiger partial charge in [0.15, 0.2) is 0 Å². The smallest absolute Gasteiger partial charge is 0.265 e. The van der Waals surface area contributed by atoms with Crippen molar-refractivity contribution in [3.05, 3.63) is 0 Å². The van der Waals surface area contributed by atoms with Crippen molar-refractivity contribution in [2.24, 2.45) is 0 Å². The Labute approximate surface area is 82.7 Å². The normalized spacial score (nSPS) is 32.5. The summed E-state index contributed by atoms with van der Waals surface area (Å²) < 4.78 is 5.85. The Kier molecular flexibility index (Phi) is 4.38. The third-order valence-corrected chi connectivity index (χ3v) is 5.88. The molecule has 1 unspecified atom stereocenters. The van der Waals surface area contributed by atoms with Crippen molar-refractivity contribution in [2.75, 3.05) is 33.3 Å². The second kappa shape index (κ2) is 5.10. The summed E-state index contributed by atoms with van der Waals surface area (Å²) in [5.41, 5.74) is 0. The van der Waals surface area contributed by atoms with E-state index in [4.69, 9.17) is 4.43 Å². The van der Waals surface area contributed by atoms with E-state index in [0.29, 0.717) is 0 Å². The molecule has 0 bridgehead atoms. The summed E-state index contributed by atoms with van der Waals surface area (Å²) in [5, 5.41) is 0. The molecule has 0 radical (unpaired) electrons. The van der Waals surface area contributed by atoms with E-state index in [1.54, 1.807) is 0 Å². The van der Waals surface area contributed by atoms with E-state index in [9.17, 15) is 0 Å². The van der Waals surface area contributed by atoms with Crippen LogP contribution in [0.15, 0.2) is 0 Å². The molecular formula is C9H22N2OSi. The van der Waals surface area contributed by atoms with Gasteiger partial charge in [-0.3, -0.25) is 0 Å². The average molecular weight is 202 g/mol.